The van der Waals surface area contributed by atoms with Gasteiger partial charge in [-0.1, -0.05) is 116 Å². The minimum absolute atomic E-state index is 0.0187. The Labute approximate surface area is 581 Å². The van der Waals surface area contributed by atoms with E-state index in [0.29, 0.717) is 44.1 Å². The number of likely N-dealkylation sites (N-methyl/N-ethyl adjacent to an activating group) is 8. The number of nitrogens with one attached hydrogen (secondary N) is 3. The number of alkyl halides is 3. The molecule has 8 atom stereocenters. The van der Waals surface area contributed by atoms with Crippen molar-refractivity contribution >= 4 is 82.5 Å². The third kappa shape index (κ3) is 20.1. The van der Waals surface area contributed by atoms with Crippen LogP contribution >= 0.6 is 11.6 Å². The van der Waals surface area contributed by atoms with Gasteiger partial charge in [0.25, 0.3) is 0 Å². The fourth-order valence-electron chi connectivity index (χ4n) is 14.8. The maximum Gasteiger partial charge on any atom is 0.417 e. The Morgan fingerprint density at radius 2 is 1.24 bits per heavy atom. The van der Waals surface area contributed by atoms with Gasteiger partial charge in [0.15, 0.2) is 0 Å². The summed E-state index contributed by atoms with van der Waals surface area (Å²) >= 11 is 6.15. The highest BCUT2D eigenvalue weighted by Crippen LogP contribution is 2.38. The van der Waals surface area contributed by atoms with E-state index in [0.717, 1.165) is 78.2 Å². The minimum Gasteiger partial charge on any atom is -0.347 e. The molecule has 2 heterocycles. The van der Waals surface area contributed by atoms with E-state index >= 15 is 19.2 Å². The van der Waals surface area contributed by atoms with E-state index in [-0.39, 0.29) is 63.3 Å². The number of hydrogen-bond donors (Lipinski definition) is 3. The highest BCUT2D eigenvalue weighted by atomic mass is 35.5. The van der Waals surface area contributed by atoms with Gasteiger partial charge in [0.1, 0.15) is 47.8 Å². The molecule has 6 rings (SSSR count). The smallest absolute Gasteiger partial charge is 0.347 e. The molecule has 3 aliphatic carbocycles. The summed E-state index contributed by atoms with van der Waals surface area (Å²) in [5.41, 5.74) is -2.35. The summed E-state index contributed by atoms with van der Waals surface area (Å²) in [6, 6.07) is -5.61. The fourth-order valence-corrected chi connectivity index (χ4v) is 15.1. The summed E-state index contributed by atoms with van der Waals surface area (Å²) < 4.78 is 41.6. The summed E-state index contributed by atoms with van der Waals surface area (Å²) in [6.07, 6.45) is 4.71. The van der Waals surface area contributed by atoms with Crippen LogP contribution in [0, 0.1) is 23.7 Å². The second-order valence-electron chi connectivity index (χ2n) is 29.0. The maximum atomic E-state index is 15.6. The van der Waals surface area contributed by atoms with Gasteiger partial charge in [-0.15, -0.1) is 0 Å². The fraction of sp³-hybridized carbons (Fsp3) is 0.743. The Morgan fingerprint density at radius 1 is 0.653 bits per heavy atom. The van der Waals surface area contributed by atoms with Gasteiger partial charge < -0.3 is 60.0 Å². The van der Waals surface area contributed by atoms with Crippen LogP contribution in [0.5, 0.6) is 0 Å². The third-order valence-corrected chi connectivity index (χ3v) is 21.4. The van der Waals surface area contributed by atoms with Gasteiger partial charge in [0.2, 0.25) is 70.9 Å². The first-order valence-electron chi connectivity index (χ1n) is 35.1. The largest absolute Gasteiger partial charge is 0.417 e. The number of nitrogens with zero attached hydrogens (tertiary/aromatic N) is 9. The average molecular weight is 1400 g/mol. The number of fused-ring (bicyclic) bond motifs is 1. The molecule has 0 unspecified atom stereocenters. The molecule has 3 N–H and O–H groups in total. The molecular formula is C70H108ClF3N12O12. The van der Waals surface area contributed by atoms with E-state index in [1.54, 1.807) is 6.92 Å². The summed E-state index contributed by atoms with van der Waals surface area (Å²) in [6.45, 7) is 5.64. The van der Waals surface area contributed by atoms with Crippen molar-refractivity contribution in [2.75, 3.05) is 89.6 Å². The lowest BCUT2D eigenvalue weighted by Crippen LogP contribution is -2.65. The van der Waals surface area contributed by atoms with Crippen LogP contribution in [0.4, 0.5) is 13.2 Å². The van der Waals surface area contributed by atoms with Crippen LogP contribution in [-0.4, -0.2) is 252 Å². The van der Waals surface area contributed by atoms with Crippen molar-refractivity contribution < 1.29 is 70.7 Å². The van der Waals surface area contributed by atoms with Gasteiger partial charge in [-0.2, -0.15) is 13.2 Å². The second-order valence-corrected chi connectivity index (χ2v) is 29.4. The standard InChI is InChI=1S/C70H108ClF3N12O12/c1-14-44(4)59-66(96)81(9)41-57(89)79(7)42-58(90)83(11)53(38-45-24-17-15-18-25-45)65(95)80(8)40-55(87)75-50(32-30-46-29-31-48(49(71)37-46)70(72,73)74)63(93)86-35-23-28-51(86)62(92)77-69(33-21-22-34-69)68(98)85(13)60(47-26-19-16-20-27-47)67(97)84(12)54(64(94)78(5)6)39-56(88)82(10)52(36-43(2)3)61(91)76-59/h29,31,37,43-45,47,50-54,59-60H,14-28,30,32-36,38-42H2,1-13H3,(H,75,87)(H,76,91)(H,77,92)/t44-,50-,51-,52-,53-,54-,59-,60-/m0/s1. The first kappa shape index (κ1) is 79.9. The number of halogens is 4. The first-order chi connectivity index (χ1) is 46.0. The van der Waals surface area contributed by atoms with E-state index in [4.69, 9.17) is 11.6 Å². The number of carbonyl (C=O) groups excluding carboxylic acids is 12. The predicted octanol–water partition coefficient (Wildman–Crippen LogP) is 5.50. The number of rotatable bonds is 11. The molecule has 2 saturated heterocycles. The lowest BCUT2D eigenvalue weighted by Gasteiger charge is -2.43. The Balaban J connectivity index is 1.43. The Kier molecular flexibility index (Phi) is 28.8. The van der Waals surface area contributed by atoms with Gasteiger partial charge in [-0.25, -0.2) is 0 Å². The quantitative estimate of drug-likeness (QED) is 0.248. The molecule has 5 fully saturated rings. The van der Waals surface area contributed by atoms with Crippen LogP contribution < -0.4 is 16.0 Å². The molecule has 0 radical (unpaired) electrons. The third-order valence-electron chi connectivity index (χ3n) is 21.1. The zero-order chi connectivity index (χ0) is 72.8. The minimum atomic E-state index is -4.76. The van der Waals surface area contributed by atoms with Crippen molar-refractivity contribution in [3.63, 3.8) is 0 Å². The summed E-state index contributed by atoms with van der Waals surface area (Å²) in [5.74, 6) is -8.99. The summed E-state index contributed by atoms with van der Waals surface area (Å²) in [5, 5.41) is 8.12. The predicted molar refractivity (Wildman–Crippen MR) is 362 cm³/mol. The molecule has 24 nitrogen and oxygen atoms in total. The topological polar surface area (TPSA) is 270 Å². The van der Waals surface area contributed by atoms with E-state index in [1.165, 1.54) is 98.9 Å². The molecule has 2 aliphatic heterocycles. The highest BCUT2D eigenvalue weighted by molar-refractivity contribution is 6.31. The van der Waals surface area contributed by atoms with Gasteiger partial charge in [0, 0.05) is 70.0 Å². The van der Waals surface area contributed by atoms with Crippen LogP contribution in [0.2, 0.25) is 5.02 Å². The van der Waals surface area contributed by atoms with Crippen molar-refractivity contribution in [3.8, 4) is 0 Å². The van der Waals surface area contributed by atoms with Gasteiger partial charge in [-0.3, -0.25) is 57.5 Å². The summed E-state index contributed by atoms with van der Waals surface area (Å²) in [4.78, 5) is 189. The van der Waals surface area contributed by atoms with Crippen LogP contribution in [0.3, 0.4) is 0 Å². The van der Waals surface area contributed by atoms with E-state index in [9.17, 15) is 51.5 Å². The average Bonchev–Trinajstić information content (AvgIpc) is 1.85. The SMILES string of the molecule is CC[C@H](C)[C@@H]1NC(=O)[C@H](CC(C)C)N(C)C(=O)C[C@@H](C(=O)N(C)C)N(C)C(=O)[C@H](C2CCCCC2)N(C)C(=O)C2(CCCC2)NC(=O)[C@@H]2CCCN2C(=O)[C@H](CCc2ccc(C(F)(F)F)c(Cl)c2)NC(=O)CN(C)C(=O)[C@H](CC2CCCCC2)N(C)C(=O)CN(C)C(=O)CN(C)C1=O. The summed E-state index contributed by atoms with van der Waals surface area (Å²) in [7, 11) is 12.8. The molecule has 28 heteroatoms. The molecule has 548 valence electrons. The van der Waals surface area contributed by atoms with Gasteiger partial charge in [-0.05, 0) is 106 Å². The van der Waals surface area contributed by atoms with Gasteiger partial charge in [0.05, 0.1) is 36.6 Å². The molecule has 0 bridgehead atoms. The highest BCUT2D eigenvalue weighted by Gasteiger charge is 2.51. The maximum absolute atomic E-state index is 15.6. The zero-order valence-electron chi connectivity index (χ0n) is 59.9. The number of hydrogen-bond acceptors (Lipinski definition) is 12. The molecule has 98 heavy (non-hydrogen) atoms. The number of benzene rings is 1. The molecule has 5 aliphatic rings. The molecule has 1 aromatic carbocycles. The van der Waals surface area contributed by atoms with Crippen molar-refractivity contribution in [2.24, 2.45) is 23.7 Å². The Morgan fingerprint density at radius 3 is 1.83 bits per heavy atom. The number of carbonyl (C=O) groups is 12. The molecule has 0 aromatic heterocycles. The molecular weight excluding hydrogens is 1290 g/mol. The van der Waals surface area contributed by atoms with Crippen molar-refractivity contribution in [1.82, 2.24) is 60.0 Å². The molecule has 1 aromatic rings. The Bertz CT molecular complexity index is 3050. The van der Waals surface area contributed by atoms with Crippen molar-refractivity contribution in [3.05, 3.63) is 34.3 Å². The van der Waals surface area contributed by atoms with Crippen LogP contribution in [0.1, 0.15) is 174 Å². The van der Waals surface area contributed by atoms with E-state index < -0.39 is 173 Å². The normalized spacial score (nSPS) is 26.3. The van der Waals surface area contributed by atoms with E-state index in [1.807, 2.05) is 20.8 Å². The molecule has 1 spiro atoms. The second kappa shape index (κ2) is 35.3. The van der Waals surface area contributed by atoms with Crippen molar-refractivity contribution in [2.45, 2.75) is 223 Å². The van der Waals surface area contributed by atoms with Crippen molar-refractivity contribution in [1.29, 1.82) is 0 Å². The van der Waals surface area contributed by atoms with Gasteiger partial charge >= 0.3 is 6.18 Å². The number of amides is 12. The lowest BCUT2D eigenvalue weighted by atomic mass is 9.81. The first-order valence-corrected chi connectivity index (χ1v) is 35.5. The monoisotopic (exact) mass is 1400 g/mol. The van der Waals surface area contributed by atoms with Crippen LogP contribution in [0.15, 0.2) is 18.2 Å². The Hall–Kier alpha value is -7.06. The van der Waals surface area contributed by atoms with E-state index in [2.05, 4.69) is 16.0 Å². The lowest BCUT2D eigenvalue weighted by molar-refractivity contribution is -0.156. The zero-order valence-corrected chi connectivity index (χ0v) is 60.7. The van der Waals surface area contributed by atoms with Crippen LogP contribution in [0.25, 0.3) is 0 Å². The molecule has 3 saturated carbocycles. The number of aryl methyl sites for hydroxylation is 1. The molecule has 12 amide bonds. The van der Waals surface area contributed by atoms with Crippen LogP contribution in [-0.2, 0) is 70.1 Å².